The number of nitro benzene ring substituents is 1. The first-order valence-corrected chi connectivity index (χ1v) is 8.93. The number of nitrogens with one attached hydrogen (secondary N) is 2. The van der Waals surface area contributed by atoms with E-state index in [1.165, 1.54) is 30.5 Å². The topological polar surface area (TPSA) is 152 Å². The zero-order valence-corrected chi connectivity index (χ0v) is 15.5. The third kappa shape index (κ3) is 5.71. The SMILES string of the molecule is O=C(Cc1nnc(NC(=O)c2ccc([N+](=O)[O-])cc2)s1)N/N=C\c1ccncc1. The van der Waals surface area contributed by atoms with Crippen molar-refractivity contribution in [1.29, 1.82) is 0 Å². The summed E-state index contributed by atoms with van der Waals surface area (Å²) in [5.74, 6) is -0.881. The summed E-state index contributed by atoms with van der Waals surface area (Å²) in [6.45, 7) is 0. The van der Waals surface area contributed by atoms with Gasteiger partial charge in [-0.2, -0.15) is 5.10 Å². The van der Waals surface area contributed by atoms with Crippen LogP contribution in [0.25, 0.3) is 0 Å². The zero-order valence-electron chi connectivity index (χ0n) is 14.7. The second kappa shape index (κ2) is 9.23. The van der Waals surface area contributed by atoms with Gasteiger partial charge in [-0.05, 0) is 29.8 Å². The minimum Gasteiger partial charge on any atom is -0.296 e. The number of rotatable bonds is 7. The van der Waals surface area contributed by atoms with Crippen LogP contribution >= 0.6 is 11.3 Å². The van der Waals surface area contributed by atoms with Gasteiger partial charge in [-0.1, -0.05) is 11.3 Å². The molecule has 0 fully saturated rings. The van der Waals surface area contributed by atoms with Crippen molar-refractivity contribution in [3.8, 4) is 0 Å². The van der Waals surface area contributed by atoms with Gasteiger partial charge in [0.25, 0.3) is 11.6 Å². The van der Waals surface area contributed by atoms with E-state index in [0.717, 1.165) is 16.9 Å². The molecular formula is C17H13N7O4S. The Balaban J connectivity index is 1.52. The molecule has 0 saturated carbocycles. The number of nitro groups is 1. The molecule has 3 aromatic rings. The molecule has 29 heavy (non-hydrogen) atoms. The Bertz CT molecular complexity index is 1050. The lowest BCUT2D eigenvalue weighted by Crippen LogP contribution is -2.19. The summed E-state index contributed by atoms with van der Waals surface area (Å²) in [5.41, 5.74) is 3.28. The highest BCUT2D eigenvalue weighted by Crippen LogP contribution is 2.18. The number of non-ortho nitro benzene ring substituents is 1. The van der Waals surface area contributed by atoms with Crippen LogP contribution in [0.15, 0.2) is 53.9 Å². The van der Waals surface area contributed by atoms with E-state index in [4.69, 9.17) is 0 Å². The molecule has 0 unspecified atom stereocenters. The molecule has 11 nitrogen and oxygen atoms in total. The van der Waals surface area contributed by atoms with E-state index >= 15 is 0 Å². The molecule has 2 N–H and O–H groups in total. The molecule has 0 atom stereocenters. The monoisotopic (exact) mass is 411 g/mol. The van der Waals surface area contributed by atoms with Crippen molar-refractivity contribution in [3.05, 3.63) is 75.0 Å². The van der Waals surface area contributed by atoms with Gasteiger partial charge in [0.15, 0.2) is 0 Å². The summed E-state index contributed by atoms with van der Waals surface area (Å²) >= 11 is 1.04. The molecule has 3 rings (SSSR count). The number of amides is 2. The fourth-order valence-electron chi connectivity index (χ4n) is 2.08. The van der Waals surface area contributed by atoms with Crippen LogP contribution in [-0.4, -0.2) is 38.1 Å². The fourth-order valence-corrected chi connectivity index (χ4v) is 2.82. The van der Waals surface area contributed by atoms with Crippen LogP contribution in [0.3, 0.4) is 0 Å². The average Bonchev–Trinajstić information content (AvgIpc) is 3.15. The number of pyridine rings is 1. The van der Waals surface area contributed by atoms with Gasteiger partial charge in [-0.15, -0.1) is 10.2 Å². The number of nitrogens with zero attached hydrogens (tertiary/aromatic N) is 5. The van der Waals surface area contributed by atoms with Crippen LogP contribution in [0.1, 0.15) is 20.9 Å². The molecule has 0 spiro atoms. The molecule has 1 aromatic carbocycles. The van der Waals surface area contributed by atoms with E-state index in [1.807, 2.05) is 0 Å². The average molecular weight is 411 g/mol. The zero-order chi connectivity index (χ0) is 20.6. The van der Waals surface area contributed by atoms with Crippen LogP contribution in [0.4, 0.5) is 10.8 Å². The van der Waals surface area contributed by atoms with Crippen LogP contribution in [0.5, 0.6) is 0 Å². The molecule has 12 heteroatoms. The first kappa shape index (κ1) is 19.7. The summed E-state index contributed by atoms with van der Waals surface area (Å²) < 4.78 is 0. The predicted octanol–water partition coefficient (Wildman–Crippen LogP) is 1.79. The molecule has 0 aliphatic rings. The van der Waals surface area contributed by atoms with E-state index in [9.17, 15) is 19.7 Å². The van der Waals surface area contributed by atoms with Gasteiger partial charge in [-0.25, -0.2) is 5.43 Å². The summed E-state index contributed by atoms with van der Waals surface area (Å²) in [4.78, 5) is 38.0. The Hall–Kier alpha value is -4.06. The first-order chi connectivity index (χ1) is 14.0. The molecule has 2 heterocycles. The summed E-state index contributed by atoms with van der Waals surface area (Å²) in [5, 5.41) is 25.3. The van der Waals surface area contributed by atoms with Crippen LogP contribution in [0.2, 0.25) is 0 Å². The molecule has 0 saturated heterocycles. The van der Waals surface area contributed by atoms with Crippen molar-refractivity contribution in [2.24, 2.45) is 5.10 Å². The van der Waals surface area contributed by atoms with Gasteiger partial charge in [0.2, 0.25) is 11.0 Å². The molecule has 2 aromatic heterocycles. The van der Waals surface area contributed by atoms with E-state index in [-0.39, 0.29) is 28.7 Å². The standard InChI is InChI=1S/C17H13N7O4S/c25-14(21-19-10-11-5-7-18-8-6-11)9-15-22-23-17(29-15)20-16(26)12-1-3-13(4-2-12)24(27)28/h1-8,10H,9H2,(H,21,25)(H,20,23,26)/b19-10-. The van der Waals surface area contributed by atoms with Crippen molar-refractivity contribution in [2.75, 3.05) is 5.32 Å². The van der Waals surface area contributed by atoms with Gasteiger partial charge in [0, 0.05) is 30.1 Å². The van der Waals surface area contributed by atoms with Gasteiger partial charge in [0.05, 0.1) is 17.6 Å². The highest BCUT2D eigenvalue weighted by Gasteiger charge is 2.13. The minimum atomic E-state index is -0.551. The van der Waals surface area contributed by atoms with Crippen molar-refractivity contribution in [1.82, 2.24) is 20.6 Å². The summed E-state index contributed by atoms with van der Waals surface area (Å²) in [6.07, 6.45) is 4.64. The van der Waals surface area contributed by atoms with Crippen molar-refractivity contribution in [3.63, 3.8) is 0 Å². The number of aromatic nitrogens is 3. The maximum Gasteiger partial charge on any atom is 0.269 e. The summed E-state index contributed by atoms with van der Waals surface area (Å²) in [6, 6.07) is 8.61. The Morgan fingerprint density at radius 3 is 2.55 bits per heavy atom. The van der Waals surface area contributed by atoms with Crippen molar-refractivity contribution >= 4 is 40.2 Å². The highest BCUT2D eigenvalue weighted by atomic mass is 32.1. The molecule has 0 radical (unpaired) electrons. The second-order valence-corrected chi connectivity index (χ2v) is 6.57. The fraction of sp³-hybridized carbons (Fsp3) is 0.0588. The van der Waals surface area contributed by atoms with Crippen LogP contribution in [0, 0.1) is 10.1 Å². The maximum atomic E-state index is 12.2. The van der Waals surface area contributed by atoms with Crippen LogP contribution < -0.4 is 10.7 Å². The van der Waals surface area contributed by atoms with E-state index < -0.39 is 10.8 Å². The molecule has 0 bridgehead atoms. The van der Waals surface area contributed by atoms with E-state index in [1.54, 1.807) is 24.5 Å². The third-order valence-corrected chi connectivity index (χ3v) is 4.29. The number of carbonyl (C=O) groups is 2. The number of hydrogen-bond donors (Lipinski definition) is 2. The highest BCUT2D eigenvalue weighted by molar-refractivity contribution is 7.15. The largest absolute Gasteiger partial charge is 0.296 e. The predicted molar refractivity (Wildman–Crippen MR) is 105 cm³/mol. The molecule has 146 valence electrons. The van der Waals surface area contributed by atoms with Gasteiger partial charge in [0.1, 0.15) is 5.01 Å². The van der Waals surface area contributed by atoms with Gasteiger partial charge in [-0.3, -0.25) is 30.0 Å². The lowest BCUT2D eigenvalue weighted by Gasteiger charge is -2.00. The summed E-state index contributed by atoms with van der Waals surface area (Å²) in [7, 11) is 0. The third-order valence-electron chi connectivity index (χ3n) is 3.45. The van der Waals surface area contributed by atoms with Gasteiger partial charge >= 0.3 is 0 Å². The van der Waals surface area contributed by atoms with E-state index in [2.05, 4.69) is 31.0 Å². The number of hydrogen-bond acceptors (Lipinski definition) is 9. The first-order valence-electron chi connectivity index (χ1n) is 8.11. The van der Waals surface area contributed by atoms with E-state index in [0.29, 0.717) is 5.01 Å². The van der Waals surface area contributed by atoms with Crippen molar-refractivity contribution < 1.29 is 14.5 Å². The molecule has 0 aliphatic heterocycles. The van der Waals surface area contributed by atoms with Crippen LogP contribution in [-0.2, 0) is 11.2 Å². The minimum absolute atomic E-state index is 0.0568. The Morgan fingerprint density at radius 1 is 1.14 bits per heavy atom. The number of benzene rings is 1. The smallest absolute Gasteiger partial charge is 0.269 e. The normalized spacial score (nSPS) is 10.6. The maximum absolute atomic E-state index is 12.2. The molecule has 2 amide bonds. The molecular weight excluding hydrogens is 398 g/mol. The number of anilines is 1. The Labute approximate surface area is 167 Å². The number of carbonyl (C=O) groups excluding carboxylic acids is 2. The lowest BCUT2D eigenvalue weighted by molar-refractivity contribution is -0.384. The second-order valence-electron chi connectivity index (χ2n) is 5.51. The Kier molecular flexibility index (Phi) is 6.27. The lowest BCUT2D eigenvalue weighted by atomic mass is 10.2. The van der Waals surface area contributed by atoms with Crippen molar-refractivity contribution in [2.45, 2.75) is 6.42 Å². The number of hydrazone groups is 1. The molecule has 0 aliphatic carbocycles. The Morgan fingerprint density at radius 2 is 1.86 bits per heavy atom. The quantitative estimate of drug-likeness (QED) is 0.341. The van der Waals surface area contributed by atoms with Gasteiger partial charge < -0.3 is 0 Å².